The molecule has 0 aliphatic carbocycles. The third-order valence-electron chi connectivity index (χ3n) is 2.60. The van der Waals surface area contributed by atoms with Gasteiger partial charge in [-0.25, -0.2) is 23.6 Å². The van der Waals surface area contributed by atoms with Gasteiger partial charge in [0.05, 0.1) is 17.7 Å². The van der Waals surface area contributed by atoms with Gasteiger partial charge in [0, 0.05) is 18.3 Å². The van der Waals surface area contributed by atoms with Crippen molar-refractivity contribution < 1.29 is 17.5 Å². The van der Waals surface area contributed by atoms with Crippen LogP contribution in [0.3, 0.4) is 0 Å². The van der Waals surface area contributed by atoms with Crippen molar-refractivity contribution in [3.05, 3.63) is 42.3 Å². The summed E-state index contributed by atoms with van der Waals surface area (Å²) in [4.78, 5) is 3.78. The highest BCUT2D eigenvalue weighted by Gasteiger charge is 2.17. The van der Waals surface area contributed by atoms with E-state index in [1.165, 1.54) is 31.5 Å². The Hall–Kier alpha value is -2.39. The van der Waals surface area contributed by atoms with E-state index in [0.717, 1.165) is 12.1 Å². The normalized spacial score (nSPS) is 11.0. The van der Waals surface area contributed by atoms with Crippen LogP contribution in [-0.4, -0.2) is 20.5 Å². The molecule has 0 bridgehead atoms. The van der Waals surface area contributed by atoms with Crippen LogP contribution in [0.2, 0.25) is 0 Å². The summed E-state index contributed by atoms with van der Waals surface area (Å²) < 4.78 is 44.9. The highest BCUT2D eigenvalue weighted by molar-refractivity contribution is 7.92. The number of ether oxygens (including phenoxy) is 1. The summed E-state index contributed by atoms with van der Waals surface area (Å²) in [6.45, 7) is 0. The number of nitrogens with one attached hydrogen (secondary N) is 2. The molecule has 9 heteroatoms. The molecule has 0 saturated carbocycles. The third-order valence-corrected chi connectivity index (χ3v) is 3.96. The second-order valence-electron chi connectivity index (χ2n) is 3.97. The van der Waals surface area contributed by atoms with Gasteiger partial charge in [-0.2, -0.15) is 0 Å². The molecule has 2 rings (SSSR count). The molecule has 0 saturated heterocycles. The highest BCUT2D eigenvalue weighted by atomic mass is 32.2. The van der Waals surface area contributed by atoms with Crippen molar-refractivity contribution in [1.29, 1.82) is 0 Å². The lowest BCUT2D eigenvalue weighted by Gasteiger charge is -2.12. The van der Waals surface area contributed by atoms with Gasteiger partial charge in [0.25, 0.3) is 10.0 Å². The first-order valence-corrected chi connectivity index (χ1v) is 7.23. The standard InChI is InChI=1S/C12H13FN4O3S/c1-20-11-6-8(13)2-3-10(11)17-21(18,19)9-4-5-15-12(7-9)16-14/h2-7,17H,14H2,1H3,(H,15,16). The van der Waals surface area contributed by atoms with E-state index in [1.54, 1.807) is 0 Å². The summed E-state index contributed by atoms with van der Waals surface area (Å²) >= 11 is 0. The lowest BCUT2D eigenvalue weighted by Crippen LogP contribution is -2.15. The number of methoxy groups -OCH3 is 1. The van der Waals surface area contributed by atoms with Crippen molar-refractivity contribution in [3.63, 3.8) is 0 Å². The lowest BCUT2D eigenvalue weighted by atomic mass is 10.3. The van der Waals surface area contributed by atoms with E-state index in [2.05, 4.69) is 15.1 Å². The van der Waals surface area contributed by atoms with Crippen molar-refractivity contribution in [2.24, 2.45) is 5.84 Å². The van der Waals surface area contributed by atoms with Gasteiger partial charge in [0.2, 0.25) is 0 Å². The number of hydrogen-bond donors (Lipinski definition) is 3. The maximum absolute atomic E-state index is 13.1. The second kappa shape index (κ2) is 5.94. The van der Waals surface area contributed by atoms with Gasteiger partial charge in [0.15, 0.2) is 0 Å². The Morgan fingerprint density at radius 1 is 1.29 bits per heavy atom. The van der Waals surface area contributed by atoms with Gasteiger partial charge in [-0.1, -0.05) is 0 Å². The van der Waals surface area contributed by atoms with Gasteiger partial charge in [-0.3, -0.25) is 4.72 Å². The quantitative estimate of drug-likeness (QED) is 0.568. The van der Waals surface area contributed by atoms with E-state index in [1.807, 2.05) is 0 Å². The molecule has 0 aliphatic heterocycles. The number of anilines is 2. The number of benzene rings is 1. The second-order valence-corrected chi connectivity index (χ2v) is 5.65. The summed E-state index contributed by atoms with van der Waals surface area (Å²) in [5.41, 5.74) is 2.38. The molecule has 1 aromatic carbocycles. The number of pyridine rings is 1. The molecule has 0 spiro atoms. The monoisotopic (exact) mass is 312 g/mol. The van der Waals surface area contributed by atoms with Crippen LogP contribution in [0.1, 0.15) is 0 Å². The number of nitrogens with two attached hydrogens (primary N) is 1. The zero-order valence-corrected chi connectivity index (χ0v) is 11.8. The average molecular weight is 312 g/mol. The molecule has 112 valence electrons. The Balaban J connectivity index is 2.37. The molecular formula is C12H13FN4O3S. The van der Waals surface area contributed by atoms with Gasteiger partial charge >= 0.3 is 0 Å². The zero-order valence-electron chi connectivity index (χ0n) is 11.0. The first-order chi connectivity index (χ1) is 9.96. The van der Waals surface area contributed by atoms with E-state index in [0.29, 0.717) is 0 Å². The first-order valence-electron chi connectivity index (χ1n) is 5.75. The predicted molar refractivity (Wildman–Crippen MR) is 75.8 cm³/mol. The Morgan fingerprint density at radius 2 is 2.05 bits per heavy atom. The lowest BCUT2D eigenvalue weighted by molar-refractivity contribution is 0.413. The topological polar surface area (TPSA) is 106 Å². The molecular weight excluding hydrogens is 299 g/mol. The fourth-order valence-corrected chi connectivity index (χ4v) is 2.69. The summed E-state index contributed by atoms with van der Waals surface area (Å²) in [7, 11) is -2.56. The van der Waals surface area contributed by atoms with Gasteiger partial charge in [-0.15, -0.1) is 0 Å². The molecule has 1 heterocycles. The molecule has 0 atom stereocenters. The van der Waals surface area contributed by atoms with Crippen molar-refractivity contribution in [1.82, 2.24) is 4.98 Å². The summed E-state index contributed by atoms with van der Waals surface area (Å²) in [6, 6.07) is 6.05. The van der Waals surface area contributed by atoms with Crippen LogP contribution in [0, 0.1) is 5.82 Å². The largest absolute Gasteiger partial charge is 0.494 e. The Labute approximate surface area is 121 Å². The molecule has 2 aromatic rings. The Morgan fingerprint density at radius 3 is 2.71 bits per heavy atom. The molecule has 0 unspecified atom stereocenters. The molecule has 7 nitrogen and oxygen atoms in total. The van der Waals surface area contributed by atoms with Crippen LogP contribution in [-0.2, 0) is 10.0 Å². The zero-order chi connectivity index (χ0) is 15.5. The number of hydrogen-bond acceptors (Lipinski definition) is 6. The van der Waals surface area contributed by atoms with E-state index in [4.69, 9.17) is 10.6 Å². The van der Waals surface area contributed by atoms with Crippen LogP contribution in [0.5, 0.6) is 5.75 Å². The minimum absolute atomic E-state index is 0.0446. The molecule has 0 amide bonds. The number of halogens is 1. The molecule has 1 aromatic heterocycles. The van der Waals surface area contributed by atoms with Crippen LogP contribution < -0.4 is 20.7 Å². The van der Waals surface area contributed by atoms with Crippen molar-refractivity contribution in [2.45, 2.75) is 4.90 Å². The van der Waals surface area contributed by atoms with Crippen LogP contribution in [0.4, 0.5) is 15.9 Å². The van der Waals surface area contributed by atoms with Crippen molar-refractivity contribution in [2.75, 3.05) is 17.3 Å². The van der Waals surface area contributed by atoms with Crippen LogP contribution in [0.25, 0.3) is 0 Å². The molecule has 4 N–H and O–H groups in total. The highest BCUT2D eigenvalue weighted by Crippen LogP contribution is 2.27. The maximum atomic E-state index is 13.1. The number of nitrogens with zero attached hydrogens (tertiary/aromatic N) is 1. The maximum Gasteiger partial charge on any atom is 0.262 e. The van der Waals surface area contributed by atoms with E-state index >= 15 is 0 Å². The molecule has 0 radical (unpaired) electrons. The van der Waals surface area contributed by atoms with E-state index in [-0.39, 0.29) is 22.2 Å². The third kappa shape index (κ3) is 3.38. The molecule has 0 fully saturated rings. The molecule has 21 heavy (non-hydrogen) atoms. The fourth-order valence-electron chi connectivity index (χ4n) is 1.61. The Bertz CT molecular complexity index is 752. The van der Waals surface area contributed by atoms with E-state index < -0.39 is 15.8 Å². The predicted octanol–water partition coefficient (Wildman–Crippen LogP) is 1.32. The number of aromatic nitrogens is 1. The number of hydrazine groups is 1. The summed E-state index contributed by atoms with van der Waals surface area (Å²) in [5.74, 6) is 4.93. The van der Waals surface area contributed by atoms with Crippen LogP contribution >= 0.6 is 0 Å². The first kappa shape index (κ1) is 15.0. The van der Waals surface area contributed by atoms with Gasteiger partial charge < -0.3 is 10.2 Å². The van der Waals surface area contributed by atoms with E-state index in [9.17, 15) is 12.8 Å². The number of sulfonamides is 1. The Kier molecular flexibility index (Phi) is 4.24. The smallest absolute Gasteiger partial charge is 0.262 e. The summed E-state index contributed by atoms with van der Waals surface area (Å²) in [6.07, 6.45) is 1.30. The average Bonchev–Trinajstić information content (AvgIpc) is 2.49. The minimum atomic E-state index is -3.88. The fraction of sp³-hybridized carbons (Fsp3) is 0.0833. The van der Waals surface area contributed by atoms with Crippen molar-refractivity contribution in [3.8, 4) is 5.75 Å². The summed E-state index contributed by atoms with van der Waals surface area (Å²) in [5, 5.41) is 0. The van der Waals surface area contributed by atoms with Gasteiger partial charge in [-0.05, 0) is 18.2 Å². The number of nitrogen functional groups attached to an aromatic ring is 1. The molecule has 0 aliphatic rings. The van der Waals surface area contributed by atoms with Crippen LogP contribution in [0.15, 0.2) is 41.4 Å². The van der Waals surface area contributed by atoms with Crippen molar-refractivity contribution >= 4 is 21.5 Å². The number of rotatable bonds is 5. The minimum Gasteiger partial charge on any atom is -0.494 e. The van der Waals surface area contributed by atoms with Gasteiger partial charge in [0.1, 0.15) is 17.4 Å². The SMILES string of the molecule is COc1cc(F)ccc1NS(=O)(=O)c1ccnc(NN)c1.